The summed E-state index contributed by atoms with van der Waals surface area (Å²) in [5.74, 6) is 0. The number of rotatable bonds is 13. The Labute approximate surface area is 449 Å². The predicted octanol–water partition coefficient (Wildman–Crippen LogP) is 20.7. The Morgan fingerprint density at radius 2 is 0.667 bits per heavy atom. The Kier molecular flexibility index (Phi) is 13.4. The summed E-state index contributed by atoms with van der Waals surface area (Å²) in [7, 11) is 0. The zero-order chi connectivity index (χ0) is 54.2. The van der Waals surface area contributed by atoms with Crippen LogP contribution in [0.2, 0.25) is 0 Å². The van der Waals surface area contributed by atoms with Crippen LogP contribution in [0.4, 0.5) is 77.5 Å². The molecule has 3 nitrogen and oxygen atoms in total. The highest BCUT2D eigenvalue weighted by molar-refractivity contribution is 6.00. The van der Waals surface area contributed by atoms with Gasteiger partial charge in [0.2, 0.25) is 5.41 Å². The van der Waals surface area contributed by atoms with Crippen LogP contribution < -0.4 is 14.7 Å². The van der Waals surface area contributed by atoms with Crippen LogP contribution in [-0.2, 0) is 5.41 Å². The number of fused-ring (bicyclic) bond motifs is 2. The van der Waals surface area contributed by atoms with E-state index in [1.54, 1.807) is 0 Å². The van der Waals surface area contributed by atoms with Gasteiger partial charge in [-0.3, -0.25) is 0 Å². The van der Waals surface area contributed by atoms with Crippen LogP contribution in [0.5, 0.6) is 0 Å². The second-order valence-electron chi connectivity index (χ2n) is 19.4. The molecule has 9 heteroatoms. The van der Waals surface area contributed by atoms with Gasteiger partial charge in [-0.1, -0.05) is 182 Å². The van der Waals surface area contributed by atoms with Crippen LogP contribution in [0.3, 0.4) is 0 Å². The summed E-state index contributed by atoms with van der Waals surface area (Å²) < 4.78 is 95.4. The second-order valence-corrected chi connectivity index (χ2v) is 19.4. The van der Waals surface area contributed by atoms with Gasteiger partial charge in [0, 0.05) is 50.6 Å². The van der Waals surface area contributed by atoms with Crippen molar-refractivity contribution in [2.45, 2.75) is 31.6 Å². The number of hydrogen-bond donors (Lipinski definition) is 0. The molecule has 0 amide bonds. The van der Waals surface area contributed by atoms with Crippen LogP contribution in [0.15, 0.2) is 261 Å². The van der Waals surface area contributed by atoms with Gasteiger partial charge in [0.05, 0.1) is 11.4 Å². The van der Waals surface area contributed by atoms with E-state index >= 15 is 26.3 Å². The number of nitrogens with zero attached hydrogens (tertiary/aromatic N) is 3. The molecular formula is C69H51F6N3. The number of hydrogen-bond acceptors (Lipinski definition) is 3. The van der Waals surface area contributed by atoms with E-state index in [1.165, 1.54) is 24.3 Å². The second kappa shape index (κ2) is 20.7. The highest BCUT2D eigenvalue weighted by atomic mass is 19.4. The van der Waals surface area contributed by atoms with E-state index < -0.39 is 28.9 Å². The minimum absolute atomic E-state index is 0.362. The highest BCUT2D eigenvalue weighted by Crippen LogP contribution is 2.57. The molecule has 0 aliphatic rings. The van der Waals surface area contributed by atoms with E-state index in [-0.39, 0.29) is 0 Å². The molecule has 0 unspecified atom stereocenters. The fraction of sp³-hybridized carbons (Fsp3) is 0.0725. The molecule has 0 bridgehead atoms. The molecule has 0 spiro atoms. The van der Waals surface area contributed by atoms with Crippen molar-refractivity contribution >= 4 is 78.8 Å². The molecule has 0 saturated heterocycles. The average Bonchev–Trinajstić information content (AvgIpc) is 3.57. The van der Waals surface area contributed by atoms with E-state index in [2.05, 4.69) is 79.1 Å². The van der Waals surface area contributed by atoms with E-state index in [0.29, 0.717) is 34.1 Å². The Bertz CT molecular complexity index is 3880. The Hall–Kier alpha value is -9.34. The molecule has 0 saturated carbocycles. The van der Waals surface area contributed by atoms with Crippen molar-refractivity contribution in [3.8, 4) is 11.1 Å². The van der Waals surface area contributed by atoms with E-state index in [0.717, 1.165) is 90.7 Å². The smallest absolute Gasteiger partial charge is 0.310 e. The van der Waals surface area contributed by atoms with Gasteiger partial charge in [0.25, 0.3) is 0 Å². The molecule has 0 radical (unpaired) electrons. The lowest BCUT2D eigenvalue weighted by atomic mass is 9.72. The van der Waals surface area contributed by atoms with Crippen molar-refractivity contribution in [3.63, 3.8) is 0 Å². The summed E-state index contributed by atoms with van der Waals surface area (Å²) in [6.07, 6.45) is -9.79. The standard InChI is InChI=1S/C69H51F6N3/c1-4-49-12-9-17-62(46-49)76(56-34-22-47(2)23-35-56)57-38-26-50(27-39-57)51-28-40-59(41-29-51)78(66-21-11-16-53-14-6-8-19-64(53)66)61-44-32-55(33-45-61)67(68(70,71)72,69(73,74)75)54-30-42-60(43-31-54)77(58-36-24-48(3)25-37-58)65-20-10-15-52-13-5-7-18-63(52)65/h4-46H,1H2,2-3H3. The van der Waals surface area contributed by atoms with Crippen molar-refractivity contribution in [1.82, 2.24) is 0 Å². The average molecular weight is 1040 g/mol. The zero-order valence-corrected chi connectivity index (χ0v) is 42.6. The molecule has 0 heterocycles. The Morgan fingerprint density at radius 3 is 1.05 bits per heavy atom. The van der Waals surface area contributed by atoms with Crippen molar-refractivity contribution in [2.24, 2.45) is 0 Å². The van der Waals surface area contributed by atoms with E-state index in [9.17, 15) is 0 Å². The fourth-order valence-electron chi connectivity index (χ4n) is 10.6. The quantitative estimate of drug-likeness (QED) is 0.107. The highest BCUT2D eigenvalue weighted by Gasteiger charge is 2.72. The third-order valence-electron chi connectivity index (χ3n) is 14.5. The van der Waals surface area contributed by atoms with E-state index in [1.807, 2.05) is 168 Å². The normalized spacial score (nSPS) is 11.9. The van der Waals surface area contributed by atoms with Gasteiger partial charge in [-0.05, 0) is 149 Å². The third kappa shape index (κ3) is 9.42. The van der Waals surface area contributed by atoms with Crippen LogP contribution >= 0.6 is 0 Å². The summed E-state index contributed by atoms with van der Waals surface area (Å²) in [6, 6.07) is 76.1. The van der Waals surface area contributed by atoms with Crippen LogP contribution in [-0.4, -0.2) is 12.4 Å². The lowest BCUT2D eigenvalue weighted by Gasteiger charge is -2.39. The fourth-order valence-corrected chi connectivity index (χ4v) is 10.6. The number of benzene rings is 11. The van der Waals surface area contributed by atoms with Crippen molar-refractivity contribution in [1.29, 1.82) is 0 Å². The lowest BCUT2D eigenvalue weighted by molar-refractivity contribution is -0.288. The number of aryl methyl sites for hydroxylation is 2. The summed E-state index contributed by atoms with van der Waals surface area (Å²) >= 11 is 0. The monoisotopic (exact) mass is 1040 g/mol. The molecule has 78 heavy (non-hydrogen) atoms. The molecule has 11 aromatic rings. The molecule has 384 valence electrons. The molecule has 0 aliphatic carbocycles. The molecule has 0 aliphatic heterocycles. The largest absolute Gasteiger partial charge is 0.411 e. The third-order valence-corrected chi connectivity index (χ3v) is 14.5. The maximum absolute atomic E-state index is 15.9. The SMILES string of the molecule is C=Cc1cccc(N(c2ccc(C)cc2)c2ccc(-c3ccc(N(c4ccc(C(c5ccc(N(c6ccc(C)cc6)c6cccc7ccccc67)cc5)(C(F)(F)F)C(F)(F)F)cc4)c4cccc5ccccc45)cc3)cc2)c1. The zero-order valence-electron chi connectivity index (χ0n) is 42.6. The van der Waals surface area contributed by atoms with E-state index in [4.69, 9.17) is 0 Å². The van der Waals surface area contributed by atoms with Crippen LogP contribution in [0.25, 0.3) is 38.7 Å². The Morgan fingerprint density at radius 1 is 0.333 bits per heavy atom. The van der Waals surface area contributed by atoms with Gasteiger partial charge >= 0.3 is 12.4 Å². The molecule has 11 rings (SSSR count). The summed E-state index contributed by atoms with van der Waals surface area (Å²) in [5, 5.41) is 3.52. The van der Waals surface area contributed by atoms with Gasteiger partial charge in [-0.15, -0.1) is 0 Å². The molecule has 0 atom stereocenters. The first-order valence-electron chi connectivity index (χ1n) is 25.5. The molecule has 0 N–H and O–H groups in total. The lowest BCUT2D eigenvalue weighted by Crippen LogP contribution is -2.54. The predicted molar refractivity (Wildman–Crippen MR) is 310 cm³/mol. The molecular weight excluding hydrogens is 985 g/mol. The molecule has 11 aromatic carbocycles. The van der Waals surface area contributed by atoms with Gasteiger partial charge < -0.3 is 14.7 Å². The summed E-state index contributed by atoms with van der Waals surface area (Å²) in [5.41, 5.74) is 5.06. The minimum Gasteiger partial charge on any atom is -0.310 e. The summed E-state index contributed by atoms with van der Waals surface area (Å²) in [6.45, 7) is 7.96. The number of halogens is 6. The minimum atomic E-state index is -5.81. The number of anilines is 9. The Balaban J connectivity index is 0.968. The van der Waals surface area contributed by atoms with Gasteiger partial charge in [0.15, 0.2) is 0 Å². The van der Waals surface area contributed by atoms with Gasteiger partial charge in [-0.25, -0.2) is 0 Å². The van der Waals surface area contributed by atoms with Crippen molar-refractivity contribution in [3.05, 3.63) is 289 Å². The van der Waals surface area contributed by atoms with Gasteiger partial charge in [-0.2, -0.15) is 26.3 Å². The first-order valence-corrected chi connectivity index (χ1v) is 25.5. The summed E-state index contributed by atoms with van der Waals surface area (Å²) in [4.78, 5) is 5.89. The topological polar surface area (TPSA) is 9.72 Å². The van der Waals surface area contributed by atoms with Crippen molar-refractivity contribution in [2.75, 3.05) is 14.7 Å². The maximum Gasteiger partial charge on any atom is 0.411 e. The van der Waals surface area contributed by atoms with Crippen molar-refractivity contribution < 1.29 is 26.3 Å². The first kappa shape index (κ1) is 50.8. The van der Waals surface area contributed by atoms with Crippen LogP contribution in [0, 0.1) is 13.8 Å². The number of alkyl halides is 6. The van der Waals surface area contributed by atoms with Gasteiger partial charge in [0.1, 0.15) is 0 Å². The maximum atomic E-state index is 15.9. The first-order chi connectivity index (χ1) is 37.7. The molecule has 0 fully saturated rings. The molecule has 0 aromatic heterocycles. The van der Waals surface area contributed by atoms with Crippen LogP contribution in [0.1, 0.15) is 27.8 Å².